The molecule has 1 aliphatic rings. The topological polar surface area (TPSA) is 47.3 Å². The number of halogens is 1. The van der Waals surface area contributed by atoms with Gasteiger partial charge in [-0.25, -0.2) is 4.39 Å². The van der Waals surface area contributed by atoms with Crippen LogP contribution < -0.4 is 15.8 Å². The Morgan fingerprint density at radius 3 is 3.00 bits per heavy atom. The number of hydrogen-bond acceptors (Lipinski definition) is 3. The molecule has 0 amide bonds. The van der Waals surface area contributed by atoms with Gasteiger partial charge in [-0.1, -0.05) is 0 Å². The molecular formula is C14H21FN2O. The van der Waals surface area contributed by atoms with E-state index in [0.717, 1.165) is 31.4 Å². The van der Waals surface area contributed by atoms with Gasteiger partial charge >= 0.3 is 0 Å². The Labute approximate surface area is 108 Å². The molecule has 0 spiro atoms. The Bertz CT molecular complexity index is 397. The summed E-state index contributed by atoms with van der Waals surface area (Å²) in [6.07, 6.45) is 4.31. The van der Waals surface area contributed by atoms with Crippen LogP contribution in [0.4, 0.5) is 10.1 Å². The minimum Gasteiger partial charge on any atom is -0.492 e. The second-order valence-electron chi connectivity index (χ2n) is 4.84. The zero-order valence-electron chi connectivity index (χ0n) is 10.8. The smallest absolute Gasteiger partial charge is 0.145 e. The molecule has 100 valence electrons. The lowest BCUT2D eigenvalue weighted by Gasteiger charge is -2.28. The van der Waals surface area contributed by atoms with Gasteiger partial charge in [-0.2, -0.15) is 0 Å². The molecular weight excluding hydrogens is 231 g/mol. The highest BCUT2D eigenvalue weighted by atomic mass is 19.1. The summed E-state index contributed by atoms with van der Waals surface area (Å²) < 4.78 is 18.6. The Balaban J connectivity index is 2.07. The second-order valence-corrected chi connectivity index (χ2v) is 4.84. The highest BCUT2D eigenvalue weighted by Gasteiger charge is 2.20. The summed E-state index contributed by atoms with van der Waals surface area (Å²) in [4.78, 5) is 0. The Morgan fingerprint density at radius 1 is 1.44 bits per heavy atom. The minimum absolute atomic E-state index is 0.271. The van der Waals surface area contributed by atoms with E-state index in [1.54, 1.807) is 6.07 Å². The maximum absolute atomic E-state index is 13.2. The molecule has 1 saturated carbocycles. The molecule has 3 nitrogen and oxygen atoms in total. The SMILES string of the molecule is CCOc1cc(F)ccc1NC1CCCC(N)C1. The van der Waals surface area contributed by atoms with Crippen molar-refractivity contribution in [1.29, 1.82) is 0 Å². The van der Waals surface area contributed by atoms with Gasteiger partial charge in [0.15, 0.2) is 0 Å². The van der Waals surface area contributed by atoms with Gasteiger partial charge in [0.2, 0.25) is 0 Å². The molecule has 1 aromatic rings. The first-order valence-electron chi connectivity index (χ1n) is 6.63. The molecule has 18 heavy (non-hydrogen) atoms. The van der Waals surface area contributed by atoms with E-state index in [1.807, 2.05) is 6.92 Å². The van der Waals surface area contributed by atoms with Crippen molar-refractivity contribution in [2.45, 2.75) is 44.7 Å². The fourth-order valence-corrected chi connectivity index (χ4v) is 2.47. The van der Waals surface area contributed by atoms with Crippen LogP contribution in [0.3, 0.4) is 0 Å². The Kier molecular flexibility index (Phi) is 4.42. The molecule has 2 atom stereocenters. The Morgan fingerprint density at radius 2 is 2.28 bits per heavy atom. The van der Waals surface area contributed by atoms with Crippen molar-refractivity contribution in [2.24, 2.45) is 5.73 Å². The highest BCUT2D eigenvalue weighted by Crippen LogP contribution is 2.29. The van der Waals surface area contributed by atoms with Crippen molar-refractivity contribution in [3.05, 3.63) is 24.0 Å². The van der Waals surface area contributed by atoms with E-state index < -0.39 is 0 Å². The number of hydrogen-bond donors (Lipinski definition) is 2. The lowest BCUT2D eigenvalue weighted by atomic mass is 9.91. The van der Waals surface area contributed by atoms with Crippen LogP contribution in [-0.4, -0.2) is 18.7 Å². The van der Waals surface area contributed by atoms with Crippen molar-refractivity contribution >= 4 is 5.69 Å². The van der Waals surface area contributed by atoms with Crippen LogP contribution >= 0.6 is 0 Å². The van der Waals surface area contributed by atoms with E-state index in [1.165, 1.54) is 12.1 Å². The molecule has 0 heterocycles. The number of nitrogens with one attached hydrogen (secondary N) is 1. The predicted molar refractivity (Wildman–Crippen MR) is 71.4 cm³/mol. The van der Waals surface area contributed by atoms with Gasteiger partial charge in [0.05, 0.1) is 12.3 Å². The second kappa shape index (κ2) is 6.05. The zero-order valence-corrected chi connectivity index (χ0v) is 10.8. The first-order valence-corrected chi connectivity index (χ1v) is 6.63. The summed E-state index contributed by atoms with van der Waals surface area (Å²) in [7, 11) is 0. The fourth-order valence-electron chi connectivity index (χ4n) is 2.47. The maximum atomic E-state index is 13.2. The van der Waals surface area contributed by atoms with E-state index >= 15 is 0 Å². The molecule has 4 heteroatoms. The molecule has 0 aliphatic heterocycles. The largest absolute Gasteiger partial charge is 0.492 e. The maximum Gasteiger partial charge on any atom is 0.145 e. The molecule has 2 rings (SSSR count). The Hall–Kier alpha value is -1.29. The van der Waals surface area contributed by atoms with Crippen molar-refractivity contribution in [2.75, 3.05) is 11.9 Å². The molecule has 0 radical (unpaired) electrons. The summed E-state index contributed by atoms with van der Waals surface area (Å²) in [6.45, 7) is 2.42. The summed E-state index contributed by atoms with van der Waals surface area (Å²) in [6, 6.07) is 5.24. The molecule has 3 N–H and O–H groups in total. The molecule has 0 aromatic heterocycles. The van der Waals surface area contributed by atoms with E-state index in [4.69, 9.17) is 10.5 Å². The van der Waals surface area contributed by atoms with Crippen molar-refractivity contribution in [1.82, 2.24) is 0 Å². The fraction of sp³-hybridized carbons (Fsp3) is 0.571. The average Bonchev–Trinajstić information content (AvgIpc) is 2.33. The van der Waals surface area contributed by atoms with Crippen LogP contribution in [0.15, 0.2) is 18.2 Å². The number of ether oxygens (including phenoxy) is 1. The first-order chi connectivity index (χ1) is 8.69. The van der Waals surface area contributed by atoms with Crippen LogP contribution in [0.25, 0.3) is 0 Å². The predicted octanol–water partition coefficient (Wildman–Crippen LogP) is 2.91. The lowest BCUT2D eigenvalue weighted by Crippen LogP contribution is -2.34. The summed E-state index contributed by atoms with van der Waals surface area (Å²) in [5, 5.41) is 3.42. The van der Waals surface area contributed by atoms with Crippen LogP contribution in [-0.2, 0) is 0 Å². The van der Waals surface area contributed by atoms with Gasteiger partial charge in [0, 0.05) is 18.2 Å². The third kappa shape index (κ3) is 3.35. The number of benzene rings is 1. The normalized spacial score (nSPS) is 23.7. The van der Waals surface area contributed by atoms with E-state index in [2.05, 4.69) is 5.32 Å². The third-order valence-corrected chi connectivity index (χ3v) is 3.32. The molecule has 0 saturated heterocycles. The van der Waals surface area contributed by atoms with Crippen molar-refractivity contribution in [3.8, 4) is 5.75 Å². The highest BCUT2D eigenvalue weighted by molar-refractivity contribution is 5.57. The molecule has 1 fully saturated rings. The van der Waals surface area contributed by atoms with Gasteiger partial charge in [-0.15, -0.1) is 0 Å². The average molecular weight is 252 g/mol. The van der Waals surface area contributed by atoms with Crippen LogP contribution in [0, 0.1) is 5.82 Å². The molecule has 0 bridgehead atoms. The molecule has 2 unspecified atom stereocenters. The number of rotatable bonds is 4. The van der Waals surface area contributed by atoms with Crippen molar-refractivity contribution < 1.29 is 9.13 Å². The summed E-state index contributed by atoms with van der Waals surface area (Å²) in [5.74, 6) is 0.306. The lowest BCUT2D eigenvalue weighted by molar-refractivity contribution is 0.338. The van der Waals surface area contributed by atoms with E-state index in [9.17, 15) is 4.39 Å². The van der Waals surface area contributed by atoms with Gasteiger partial charge in [-0.05, 0) is 44.7 Å². The monoisotopic (exact) mass is 252 g/mol. The summed E-state index contributed by atoms with van der Waals surface area (Å²) >= 11 is 0. The van der Waals surface area contributed by atoms with E-state index in [0.29, 0.717) is 18.4 Å². The van der Waals surface area contributed by atoms with Crippen LogP contribution in [0.1, 0.15) is 32.6 Å². The van der Waals surface area contributed by atoms with E-state index in [-0.39, 0.29) is 11.9 Å². The van der Waals surface area contributed by atoms with Gasteiger partial charge in [0.25, 0.3) is 0 Å². The number of anilines is 1. The summed E-state index contributed by atoms with van der Waals surface area (Å²) in [5.41, 5.74) is 6.83. The van der Waals surface area contributed by atoms with Gasteiger partial charge < -0.3 is 15.8 Å². The first kappa shape index (κ1) is 13.1. The number of nitrogens with two attached hydrogens (primary N) is 1. The van der Waals surface area contributed by atoms with Crippen molar-refractivity contribution in [3.63, 3.8) is 0 Å². The van der Waals surface area contributed by atoms with Crippen LogP contribution in [0.2, 0.25) is 0 Å². The standard InChI is InChI=1S/C14H21FN2O/c1-2-18-14-8-10(15)6-7-13(14)17-12-5-3-4-11(16)9-12/h6-8,11-12,17H,2-5,9,16H2,1H3. The quantitative estimate of drug-likeness (QED) is 0.866. The minimum atomic E-state index is -0.274. The van der Waals surface area contributed by atoms with Crippen LogP contribution in [0.5, 0.6) is 5.75 Å². The van der Waals surface area contributed by atoms with Gasteiger partial charge in [0.1, 0.15) is 11.6 Å². The third-order valence-electron chi connectivity index (χ3n) is 3.32. The van der Waals surface area contributed by atoms with Gasteiger partial charge in [-0.3, -0.25) is 0 Å². The zero-order chi connectivity index (χ0) is 13.0. The molecule has 1 aromatic carbocycles. The molecule has 1 aliphatic carbocycles.